The van der Waals surface area contributed by atoms with E-state index in [2.05, 4.69) is 15.8 Å². The normalized spacial score (nSPS) is 10.5. The van der Waals surface area contributed by atoms with Crippen LogP contribution in [0.4, 0.5) is 11.4 Å². The van der Waals surface area contributed by atoms with E-state index < -0.39 is 16.4 Å². The van der Waals surface area contributed by atoms with E-state index in [1.807, 2.05) is 31.2 Å². The van der Waals surface area contributed by atoms with Crippen molar-refractivity contribution in [3.63, 3.8) is 0 Å². The van der Waals surface area contributed by atoms with Gasteiger partial charge in [-0.05, 0) is 42.3 Å². The number of hydrazone groups is 1. The van der Waals surface area contributed by atoms with Crippen molar-refractivity contribution in [3.05, 3.63) is 63.7 Å². The molecule has 0 aromatic heterocycles. The van der Waals surface area contributed by atoms with Crippen molar-refractivity contribution in [2.45, 2.75) is 6.92 Å². The number of aromatic hydroxyl groups is 1. The molecule has 0 fully saturated rings. The maximum atomic E-state index is 11.7. The first kappa shape index (κ1) is 16.9. The molecule has 8 heteroatoms. The van der Waals surface area contributed by atoms with Gasteiger partial charge in [-0.2, -0.15) is 5.10 Å². The van der Waals surface area contributed by atoms with Crippen LogP contribution in [0.25, 0.3) is 0 Å². The van der Waals surface area contributed by atoms with E-state index in [-0.39, 0.29) is 12.5 Å². The van der Waals surface area contributed by atoms with Crippen LogP contribution in [0, 0.1) is 17.0 Å². The Hall–Kier alpha value is -3.42. The van der Waals surface area contributed by atoms with E-state index in [0.717, 1.165) is 17.3 Å². The number of rotatable bonds is 6. The summed E-state index contributed by atoms with van der Waals surface area (Å²) in [5, 5.41) is 26.8. The third kappa shape index (κ3) is 4.80. The second kappa shape index (κ2) is 7.73. The molecule has 3 N–H and O–H groups in total. The number of anilines is 1. The summed E-state index contributed by atoms with van der Waals surface area (Å²) in [6, 6.07) is 11.4. The Morgan fingerprint density at radius 2 is 2.12 bits per heavy atom. The Morgan fingerprint density at radius 1 is 1.33 bits per heavy atom. The summed E-state index contributed by atoms with van der Waals surface area (Å²) in [4.78, 5) is 21.6. The number of hydrogen-bond donors (Lipinski definition) is 3. The minimum absolute atomic E-state index is 0.0479. The summed E-state index contributed by atoms with van der Waals surface area (Å²) in [5.74, 6) is -0.810. The van der Waals surface area contributed by atoms with Gasteiger partial charge in [0.25, 0.3) is 5.91 Å². The molecule has 0 heterocycles. The van der Waals surface area contributed by atoms with Crippen molar-refractivity contribution >= 4 is 23.5 Å². The first-order chi connectivity index (χ1) is 11.5. The number of nitrogens with zero attached hydrogens (tertiary/aromatic N) is 2. The quantitative estimate of drug-likeness (QED) is 0.427. The fraction of sp³-hybridized carbons (Fsp3) is 0.125. The molecule has 0 spiro atoms. The molecule has 2 aromatic carbocycles. The lowest BCUT2D eigenvalue weighted by atomic mass is 10.2. The van der Waals surface area contributed by atoms with Crippen LogP contribution in [0.5, 0.6) is 5.75 Å². The molecule has 0 saturated carbocycles. The van der Waals surface area contributed by atoms with Crippen molar-refractivity contribution in [1.29, 1.82) is 0 Å². The van der Waals surface area contributed by atoms with E-state index in [4.69, 9.17) is 0 Å². The molecule has 0 atom stereocenters. The van der Waals surface area contributed by atoms with Gasteiger partial charge in [0.05, 0.1) is 17.7 Å². The highest BCUT2D eigenvalue weighted by Crippen LogP contribution is 2.25. The number of carbonyl (C=O) groups is 1. The van der Waals surface area contributed by atoms with Gasteiger partial charge >= 0.3 is 5.69 Å². The Labute approximate surface area is 138 Å². The van der Waals surface area contributed by atoms with E-state index in [9.17, 15) is 20.0 Å². The number of hydrogen-bond acceptors (Lipinski definition) is 6. The summed E-state index contributed by atoms with van der Waals surface area (Å²) in [6.07, 6.45) is 1.29. The molecule has 1 amide bonds. The van der Waals surface area contributed by atoms with Crippen molar-refractivity contribution in [2.75, 3.05) is 11.9 Å². The van der Waals surface area contributed by atoms with Crippen LogP contribution < -0.4 is 10.7 Å². The molecule has 0 aliphatic carbocycles. The average Bonchev–Trinajstić information content (AvgIpc) is 2.53. The zero-order chi connectivity index (χ0) is 17.5. The Balaban J connectivity index is 1.86. The number of carbonyl (C=O) groups excluding carboxylic acids is 1. The highest BCUT2D eigenvalue weighted by Gasteiger charge is 2.12. The number of nitro groups is 1. The van der Waals surface area contributed by atoms with Crippen LogP contribution in [0.1, 0.15) is 11.1 Å². The molecule has 124 valence electrons. The first-order valence-corrected chi connectivity index (χ1v) is 7.05. The monoisotopic (exact) mass is 328 g/mol. The average molecular weight is 328 g/mol. The SMILES string of the molecule is Cc1cccc(NCC(=O)N/N=C/c2ccc([N+](=O)[O-])c(O)c2)c1. The van der Waals surface area contributed by atoms with Gasteiger partial charge in [0.2, 0.25) is 0 Å². The van der Waals surface area contributed by atoms with Crippen molar-refractivity contribution in [3.8, 4) is 5.75 Å². The standard InChI is InChI=1S/C16H16N4O4/c1-11-3-2-4-13(7-11)17-10-16(22)19-18-9-12-5-6-14(20(23)24)15(21)8-12/h2-9,17,21H,10H2,1H3,(H,19,22)/b18-9+. The number of amides is 1. The number of nitro benzene ring substituents is 1. The van der Waals surface area contributed by atoms with Crippen LogP contribution in [0.15, 0.2) is 47.6 Å². The molecule has 0 aliphatic heterocycles. The van der Waals surface area contributed by atoms with Gasteiger partial charge in [-0.25, -0.2) is 5.43 Å². The molecule has 2 aromatic rings. The minimum Gasteiger partial charge on any atom is -0.502 e. The van der Waals surface area contributed by atoms with Gasteiger partial charge in [0.1, 0.15) is 0 Å². The second-order valence-electron chi connectivity index (χ2n) is 5.02. The molecule has 0 radical (unpaired) electrons. The molecule has 0 unspecified atom stereocenters. The van der Waals surface area contributed by atoms with E-state index in [0.29, 0.717) is 5.56 Å². The smallest absolute Gasteiger partial charge is 0.310 e. The predicted molar refractivity (Wildman–Crippen MR) is 90.2 cm³/mol. The summed E-state index contributed by atoms with van der Waals surface area (Å²) >= 11 is 0. The summed E-state index contributed by atoms with van der Waals surface area (Å²) in [5.41, 5.74) is 4.26. The van der Waals surface area contributed by atoms with Crippen LogP contribution in [-0.2, 0) is 4.79 Å². The van der Waals surface area contributed by atoms with Gasteiger partial charge in [-0.15, -0.1) is 0 Å². The topological polar surface area (TPSA) is 117 Å². The molecule has 2 rings (SSSR count). The van der Waals surface area contributed by atoms with Crippen LogP contribution in [-0.4, -0.2) is 28.7 Å². The fourth-order valence-electron chi connectivity index (χ4n) is 1.93. The van der Waals surface area contributed by atoms with Crippen LogP contribution in [0.2, 0.25) is 0 Å². The van der Waals surface area contributed by atoms with Crippen molar-refractivity contribution in [2.24, 2.45) is 5.10 Å². The third-order valence-electron chi connectivity index (χ3n) is 3.07. The van der Waals surface area contributed by atoms with Crippen molar-refractivity contribution in [1.82, 2.24) is 5.43 Å². The fourth-order valence-corrected chi connectivity index (χ4v) is 1.93. The number of aryl methyl sites for hydroxylation is 1. The zero-order valence-corrected chi connectivity index (χ0v) is 12.9. The van der Waals surface area contributed by atoms with Gasteiger partial charge in [-0.3, -0.25) is 14.9 Å². The number of benzene rings is 2. The van der Waals surface area contributed by atoms with Gasteiger partial charge in [0, 0.05) is 11.8 Å². The van der Waals surface area contributed by atoms with Crippen LogP contribution in [0.3, 0.4) is 0 Å². The van der Waals surface area contributed by atoms with Gasteiger partial charge in [0.15, 0.2) is 5.75 Å². The second-order valence-corrected chi connectivity index (χ2v) is 5.02. The maximum Gasteiger partial charge on any atom is 0.310 e. The molecule has 8 nitrogen and oxygen atoms in total. The van der Waals surface area contributed by atoms with Gasteiger partial charge < -0.3 is 10.4 Å². The minimum atomic E-state index is -0.686. The molecule has 0 bridgehead atoms. The highest BCUT2D eigenvalue weighted by atomic mass is 16.6. The summed E-state index contributed by atoms with van der Waals surface area (Å²) in [6.45, 7) is 2.00. The van der Waals surface area contributed by atoms with Crippen molar-refractivity contribution < 1.29 is 14.8 Å². The summed E-state index contributed by atoms with van der Waals surface area (Å²) < 4.78 is 0. The molecular formula is C16H16N4O4. The van der Waals surface area contributed by atoms with Gasteiger partial charge in [-0.1, -0.05) is 12.1 Å². The lowest BCUT2D eigenvalue weighted by molar-refractivity contribution is -0.385. The molecular weight excluding hydrogens is 312 g/mol. The van der Waals surface area contributed by atoms with Crippen LogP contribution >= 0.6 is 0 Å². The Kier molecular flexibility index (Phi) is 5.45. The third-order valence-corrected chi connectivity index (χ3v) is 3.07. The largest absolute Gasteiger partial charge is 0.502 e. The van der Waals surface area contributed by atoms with E-state index >= 15 is 0 Å². The number of phenolic OH excluding ortho intramolecular Hbond substituents is 1. The zero-order valence-electron chi connectivity index (χ0n) is 12.9. The summed E-state index contributed by atoms with van der Waals surface area (Å²) in [7, 11) is 0. The predicted octanol–water partition coefficient (Wildman–Crippen LogP) is 2.17. The number of nitrogens with one attached hydrogen (secondary N) is 2. The Bertz CT molecular complexity index is 789. The number of phenols is 1. The highest BCUT2D eigenvalue weighted by molar-refractivity contribution is 5.85. The maximum absolute atomic E-state index is 11.7. The first-order valence-electron chi connectivity index (χ1n) is 7.05. The lowest BCUT2D eigenvalue weighted by Crippen LogP contribution is -2.25. The molecule has 24 heavy (non-hydrogen) atoms. The molecule has 0 aliphatic rings. The Morgan fingerprint density at radius 3 is 2.79 bits per heavy atom. The van der Waals surface area contributed by atoms with E-state index in [1.165, 1.54) is 18.3 Å². The lowest BCUT2D eigenvalue weighted by Gasteiger charge is -2.05. The molecule has 0 saturated heterocycles. The van der Waals surface area contributed by atoms with E-state index in [1.54, 1.807) is 0 Å².